The van der Waals surface area contributed by atoms with Gasteiger partial charge in [0.15, 0.2) is 0 Å². The summed E-state index contributed by atoms with van der Waals surface area (Å²) in [5.41, 5.74) is 5.72. The summed E-state index contributed by atoms with van der Waals surface area (Å²) in [5, 5.41) is 2.17. The quantitative estimate of drug-likeness (QED) is 0.873. The maximum absolute atomic E-state index is 5.72. The number of thiophene rings is 1. The van der Waals surface area contributed by atoms with Crippen molar-refractivity contribution in [3.8, 4) is 0 Å². The first-order chi connectivity index (χ1) is 7.83. The second kappa shape index (κ2) is 5.80. The molecule has 1 aromatic heterocycles. The fourth-order valence-corrected chi connectivity index (χ4v) is 3.53. The average Bonchev–Trinajstić information content (AvgIpc) is 2.83. The van der Waals surface area contributed by atoms with Gasteiger partial charge in [-0.3, -0.25) is 4.90 Å². The Labute approximate surface area is 102 Å². The largest absolute Gasteiger partial charge is 0.330 e. The molecule has 1 saturated heterocycles. The van der Waals surface area contributed by atoms with Crippen LogP contribution in [-0.2, 0) is 0 Å². The Morgan fingerprint density at radius 3 is 3.12 bits per heavy atom. The minimum Gasteiger partial charge on any atom is -0.330 e. The molecule has 0 aliphatic carbocycles. The normalized spacial score (nSPS) is 24.5. The van der Waals surface area contributed by atoms with E-state index in [0.29, 0.717) is 12.1 Å². The highest BCUT2D eigenvalue weighted by molar-refractivity contribution is 7.10. The minimum atomic E-state index is 0.567. The summed E-state index contributed by atoms with van der Waals surface area (Å²) in [5.74, 6) is 0. The van der Waals surface area contributed by atoms with Crippen LogP contribution in [0.15, 0.2) is 17.5 Å². The monoisotopic (exact) mass is 238 g/mol. The maximum atomic E-state index is 5.72. The van der Waals surface area contributed by atoms with Gasteiger partial charge in [-0.1, -0.05) is 12.5 Å². The van der Waals surface area contributed by atoms with Crippen LogP contribution >= 0.6 is 11.3 Å². The van der Waals surface area contributed by atoms with Crippen LogP contribution in [-0.4, -0.2) is 24.0 Å². The number of nitrogens with two attached hydrogens (primary N) is 1. The van der Waals surface area contributed by atoms with Crippen molar-refractivity contribution in [2.45, 2.75) is 44.7 Å². The lowest BCUT2D eigenvalue weighted by Gasteiger charge is -2.39. The van der Waals surface area contributed by atoms with E-state index in [-0.39, 0.29) is 0 Å². The van der Waals surface area contributed by atoms with Gasteiger partial charge in [0.2, 0.25) is 0 Å². The van der Waals surface area contributed by atoms with Gasteiger partial charge in [-0.2, -0.15) is 0 Å². The molecule has 0 spiro atoms. The average molecular weight is 238 g/mol. The molecule has 1 aliphatic rings. The zero-order chi connectivity index (χ0) is 11.4. The smallest absolute Gasteiger partial charge is 0.0416 e. The number of hydrogen-bond donors (Lipinski definition) is 1. The van der Waals surface area contributed by atoms with Crippen LogP contribution in [0.1, 0.15) is 43.5 Å². The Balaban J connectivity index is 2.04. The Bertz CT molecular complexity index is 295. The third-order valence-electron chi connectivity index (χ3n) is 3.62. The van der Waals surface area contributed by atoms with Crippen molar-refractivity contribution >= 4 is 11.3 Å². The Hall–Kier alpha value is -0.380. The molecule has 0 bridgehead atoms. The molecule has 2 N–H and O–H groups in total. The highest BCUT2D eigenvalue weighted by atomic mass is 32.1. The Kier molecular flexibility index (Phi) is 4.38. The van der Waals surface area contributed by atoms with Gasteiger partial charge in [-0.05, 0) is 50.7 Å². The van der Waals surface area contributed by atoms with E-state index in [1.54, 1.807) is 0 Å². The lowest BCUT2D eigenvalue weighted by Crippen LogP contribution is -2.41. The zero-order valence-electron chi connectivity index (χ0n) is 10.1. The summed E-state index contributed by atoms with van der Waals surface area (Å²) in [7, 11) is 0. The molecule has 1 fully saturated rings. The summed E-state index contributed by atoms with van der Waals surface area (Å²) in [6, 6.07) is 5.68. The molecule has 3 heteroatoms. The van der Waals surface area contributed by atoms with Crippen LogP contribution in [0.25, 0.3) is 0 Å². The summed E-state index contributed by atoms with van der Waals surface area (Å²) >= 11 is 1.87. The van der Waals surface area contributed by atoms with Gasteiger partial charge in [-0.15, -0.1) is 11.3 Å². The molecule has 2 nitrogen and oxygen atoms in total. The molecule has 16 heavy (non-hydrogen) atoms. The van der Waals surface area contributed by atoms with Crippen LogP contribution in [0.4, 0.5) is 0 Å². The molecule has 90 valence electrons. The van der Waals surface area contributed by atoms with Crippen molar-refractivity contribution < 1.29 is 0 Å². The molecule has 2 unspecified atom stereocenters. The van der Waals surface area contributed by atoms with E-state index >= 15 is 0 Å². The number of piperidine rings is 1. The van der Waals surface area contributed by atoms with E-state index in [9.17, 15) is 0 Å². The number of likely N-dealkylation sites (tertiary alicyclic amines) is 1. The second-order valence-electron chi connectivity index (χ2n) is 4.66. The minimum absolute atomic E-state index is 0.567. The fraction of sp³-hybridized carbons (Fsp3) is 0.692. The van der Waals surface area contributed by atoms with E-state index < -0.39 is 0 Å². The molecule has 0 radical (unpaired) electrons. The molecule has 2 atom stereocenters. The summed E-state index contributed by atoms with van der Waals surface area (Å²) in [4.78, 5) is 4.14. The van der Waals surface area contributed by atoms with Crippen LogP contribution in [0.5, 0.6) is 0 Å². The van der Waals surface area contributed by atoms with Crippen molar-refractivity contribution in [1.29, 1.82) is 0 Å². The molecular formula is C13H22N2S. The van der Waals surface area contributed by atoms with Gasteiger partial charge in [0.05, 0.1) is 0 Å². The molecular weight excluding hydrogens is 216 g/mol. The summed E-state index contributed by atoms with van der Waals surface area (Å²) < 4.78 is 0. The molecule has 0 saturated carbocycles. The van der Waals surface area contributed by atoms with Gasteiger partial charge in [0, 0.05) is 17.0 Å². The predicted octanol–water partition coefficient (Wildman–Crippen LogP) is 3.01. The SMILES string of the molecule is CC(c1cccs1)N1CCCCC1CCN. The van der Waals surface area contributed by atoms with E-state index in [1.165, 1.54) is 30.7 Å². The summed E-state index contributed by atoms with van der Waals surface area (Å²) in [6.45, 7) is 4.39. The van der Waals surface area contributed by atoms with Crippen molar-refractivity contribution in [1.82, 2.24) is 4.90 Å². The van der Waals surface area contributed by atoms with Gasteiger partial charge < -0.3 is 5.73 Å². The van der Waals surface area contributed by atoms with Crippen molar-refractivity contribution in [2.24, 2.45) is 5.73 Å². The molecule has 2 rings (SSSR count). The fourth-order valence-electron chi connectivity index (χ4n) is 2.73. The first-order valence-electron chi connectivity index (χ1n) is 6.32. The highest BCUT2D eigenvalue weighted by Gasteiger charge is 2.26. The number of hydrogen-bond acceptors (Lipinski definition) is 3. The topological polar surface area (TPSA) is 29.3 Å². The van der Waals surface area contributed by atoms with E-state index in [4.69, 9.17) is 5.73 Å². The zero-order valence-corrected chi connectivity index (χ0v) is 10.9. The van der Waals surface area contributed by atoms with E-state index in [1.807, 2.05) is 11.3 Å². The van der Waals surface area contributed by atoms with Crippen molar-refractivity contribution in [3.05, 3.63) is 22.4 Å². The van der Waals surface area contributed by atoms with Crippen molar-refractivity contribution in [2.75, 3.05) is 13.1 Å². The molecule has 1 aliphatic heterocycles. The van der Waals surface area contributed by atoms with Gasteiger partial charge >= 0.3 is 0 Å². The first-order valence-corrected chi connectivity index (χ1v) is 7.20. The standard InChI is InChI=1S/C13H22N2S/c1-11(13-6-4-10-16-13)15-9-3-2-5-12(15)7-8-14/h4,6,10-12H,2-3,5,7-9,14H2,1H3. The van der Waals surface area contributed by atoms with Crippen molar-refractivity contribution in [3.63, 3.8) is 0 Å². The number of nitrogens with zero attached hydrogens (tertiary/aromatic N) is 1. The highest BCUT2D eigenvalue weighted by Crippen LogP contribution is 2.31. The van der Waals surface area contributed by atoms with Crippen LogP contribution in [0.3, 0.4) is 0 Å². The first kappa shape index (κ1) is 12.1. The third-order valence-corrected chi connectivity index (χ3v) is 4.67. The lowest BCUT2D eigenvalue weighted by molar-refractivity contribution is 0.100. The van der Waals surface area contributed by atoms with E-state index in [2.05, 4.69) is 29.3 Å². The molecule has 1 aromatic rings. The Morgan fingerprint density at radius 2 is 2.44 bits per heavy atom. The third kappa shape index (κ3) is 2.65. The number of rotatable bonds is 4. The van der Waals surface area contributed by atoms with Crippen LogP contribution in [0.2, 0.25) is 0 Å². The molecule has 0 amide bonds. The van der Waals surface area contributed by atoms with Gasteiger partial charge in [-0.25, -0.2) is 0 Å². The van der Waals surface area contributed by atoms with Crippen LogP contribution in [0, 0.1) is 0 Å². The maximum Gasteiger partial charge on any atom is 0.0416 e. The lowest BCUT2D eigenvalue weighted by atomic mass is 9.97. The van der Waals surface area contributed by atoms with Gasteiger partial charge in [0.1, 0.15) is 0 Å². The second-order valence-corrected chi connectivity index (χ2v) is 5.64. The van der Waals surface area contributed by atoms with Crippen LogP contribution < -0.4 is 5.73 Å². The Morgan fingerprint density at radius 1 is 1.56 bits per heavy atom. The molecule has 2 heterocycles. The summed E-state index contributed by atoms with van der Waals surface area (Å²) in [6.07, 6.45) is 5.19. The van der Waals surface area contributed by atoms with E-state index in [0.717, 1.165) is 13.0 Å². The molecule has 0 aromatic carbocycles. The predicted molar refractivity (Wildman–Crippen MR) is 70.8 cm³/mol. The van der Waals surface area contributed by atoms with Gasteiger partial charge in [0.25, 0.3) is 0 Å².